The molecule has 124 valence electrons. The smallest absolute Gasteiger partial charge is 0.256 e. The monoisotopic (exact) mass is 312 g/mol. The second kappa shape index (κ2) is 6.77. The van der Waals surface area contributed by atoms with Gasteiger partial charge in [0.2, 0.25) is 0 Å². The fourth-order valence-electron chi connectivity index (χ4n) is 4.06. The average Bonchev–Trinajstić information content (AvgIpc) is 2.89. The number of benzene rings is 1. The Morgan fingerprint density at radius 1 is 1.26 bits per heavy atom. The molecule has 0 atom stereocenters. The summed E-state index contributed by atoms with van der Waals surface area (Å²) in [5, 5.41) is 3.33. The summed E-state index contributed by atoms with van der Waals surface area (Å²) < 4.78 is 0. The molecule has 1 aromatic carbocycles. The number of aryl methyl sites for hydroxylation is 1. The molecule has 1 N–H and O–H groups in total. The molecule has 3 rings (SSSR count). The summed E-state index contributed by atoms with van der Waals surface area (Å²) in [6.45, 7) is 6.58. The van der Waals surface area contributed by atoms with Crippen LogP contribution in [0, 0.1) is 12.3 Å². The van der Waals surface area contributed by atoms with Crippen molar-refractivity contribution in [3.05, 3.63) is 41.5 Å². The van der Waals surface area contributed by atoms with E-state index in [0.29, 0.717) is 5.41 Å². The van der Waals surface area contributed by atoms with Crippen LogP contribution in [0.1, 0.15) is 54.9 Å². The van der Waals surface area contributed by atoms with Crippen LogP contribution in [0.4, 0.5) is 5.69 Å². The van der Waals surface area contributed by atoms with Crippen LogP contribution in [0.25, 0.3) is 0 Å². The highest BCUT2D eigenvalue weighted by atomic mass is 16.2. The van der Waals surface area contributed by atoms with Crippen molar-refractivity contribution in [2.75, 3.05) is 25.0 Å². The molecule has 1 aromatic rings. The highest BCUT2D eigenvalue weighted by molar-refractivity contribution is 6.00. The molecule has 0 bridgehead atoms. The Morgan fingerprint density at radius 3 is 2.78 bits per heavy atom. The van der Waals surface area contributed by atoms with Gasteiger partial charge in [-0.05, 0) is 50.7 Å². The van der Waals surface area contributed by atoms with Crippen molar-refractivity contribution in [1.29, 1.82) is 0 Å². The van der Waals surface area contributed by atoms with Gasteiger partial charge in [-0.25, -0.2) is 0 Å². The molecule has 1 spiro atoms. The predicted molar refractivity (Wildman–Crippen MR) is 95.9 cm³/mol. The third kappa shape index (κ3) is 3.44. The Hall–Kier alpha value is -1.77. The summed E-state index contributed by atoms with van der Waals surface area (Å²) in [6, 6.07) is 6.12. The SMILES string of the molecule is CCNc1ccc(C)cc1C(=O)N1CC=CCC2(CCCC2)C1. The van der Waals surface area contributed by atoms with Gasteiger partial charge in [0.15, 0.2) is 0 Å². The van der Waals surface area contributed by atoms with Gasteiger partial charge < -0.3 is 10.2 Å². The predicted octanol–water partition coefficient (Wildman–Crippen LogP) is 4.39. The van der Waals surface area contributed by atoms with E-state index in [-0.39, 0.29) is 5.91 Å². The Kier molecular flexibility index (Phi) is 4.74. The summed E-state index contributed by atoms with van der Waals surface area (Å²) in [5.74, 6) is 0.169. The van der Waals surface area contributed by atoms with Gasteiger partial charge in [0.05, 0.1) is 5.56 Å². The molecular weight excluding hydrogens is 284 g/mol. The van der Waals surface area contributed by atoms with Crippen molar-refractivity contribution in [1.82, 2.24) is 4.90 Å². The van der Waals surface area contributed by atoms with Crippen LogP contribution >= 0.6 is 0 Å². The first-order valence-electron chi connectivity index (χ1n) is 8.92. The number of hydrogen-bond acceptors (Lipinski definition) is 2. The summed E-state index contributed by atoms with van der Waals surface area (Å²) in [7, 11) is 0. The quantitative estimate of drug-likeness (QED) is 0.840. The molecule has 0 radical (unpaired) electrons. The molecule has 0 unspecified atom stereocenters. The average molecular weight is 312 g/mol. The van der Waals surface area contributed by atoms with E-state index in [1.165, 1.54) is 25.7 Å². The van der Waals surface area contributed by atoms with E-state index in [1.54, 1.807) is 0 Å². The lowest BCUT2D eigenvalue weighted by Gasteiger charge is -2.33. The van der Waals surface area contributed by atoms with Crippen molar-refractivity contribution in [3.63, 3.8) is 0 Å². The van der Waals surface area contributed by atoms with E-state index < -0.39 is 0 Å². The number of nitrogens with one attached hydrogen (secondary N) is 1. The second-order valence-corrected chi connectivity index (χ2v) is 7.15. The van der Waals surface area contributed by atoms with Gasteiger partial charge in [-0.2, -0.15) is 0 Å². The van der Waals surface area contributed by atoms with E-state index in [9.17, 15) is 4.79 Å². The second-order valence-electron chi connectivity index (χ2n) is 7.15. The molecule has 1 aliphatic carbocycles. The third-order valence-electron chi connectivity index (χ3n) is 5.29. The van der Waals surface area contributed by atoms with Crippen LogP contribution in [-0.2, 0) is 0 Å². The lowest BCUT2D eigenvalue weighted by molar-refractivity contribution is 0.0696. The fourth-order valence-corrected chi connectivity index (χ4v) is 4.06. The molecule has 23 heavy (non-hydrogen) atoms. The van der Waals surface area contributed by atoms with Crippen LogP contribution < -0.4 is 5.32 Å². The van der Waals surface area contributed by atoms with Crippen molar-refractivity contribution < 1.29 is 4.79 Å². The zero-order chi connectivity index (χ0) is 16.3. The minimum absolute atomic E-state index is 0.169. The van der Waals surface area contributed by atoms with Gasteiger partial charge in [-0.3, -0.25) is 4.79 Å². The molecule has 0 aromatic heterocycles. The Bertz CT molecular complexity index is 600. The van der Waals surface area contributed by atoms with Crippen LogP contribution in [0.15, 0.2) is 30.4 Å². The number of amides is 1. The van der Waals surface area contributed by atoms with Crippen LogP contribution in [-0.4, -0.2) is 30.4 Å². The number of nitrogens with zero attached hydrogens (tertiary/aromatic N) is 1. The lowest BCUT2D eigenvalue weighted by atomic mass is 9.82. The van der Waals surface area contributed by atoms with E-state index in [4.69, 9.17) is 0 Å². The van der Waals surface area contributed by atoms with Crippen LogP contribution in [0.3, 0.4) is 0 Å². The minimum Gasteiger partial charge on any atom is -0.385 e. The van der Waals surface area contributed by atoms with Gasteiger partial charge >= 0.3 is 0 Å². The summed E-state index contributed by atoms with van der Waals surface area (Å²) in [5.41, 5.74) is 3.23. The molecule has 3 nitrogen and oxygen atoms in total. The maximum absolute atomic E-state index is 13.2. The van der Waals surface area contributed by atoms with E-state index >= 15 is 0 Å². The zero-order valence-electron chi connectivity index (χ0n) is 14.4. The van der Waals surface area contributed by atoms with Gasteiger partial charge in [0.25, 0.3) is 5.91 Å². The standard InChI is InChI=1S/C20H28N2O/c1-3-21-18-9-8-16(2)14-17(18)19(23)22-13-7-6-12-20(15-22)10-4-5-11-20/h6-9,14,21H,3-5,10-13,15H2,1-2H3. The molecule has 1 amide bonds. The topological polar surface area (TPSA) is 32.3 Å². The molecule has 1 heterocycles. The van der Waals surface area contributed by atoms with Gasteiger partial charge in [0.1, 0.15) is 0 Å². The Labute approximate surface area is 139 Å². The highest BCUT2D eigenvalue weighted by Gasteiger charge is 2.37. The molecule has 2 aliphatic rings. The summed E-state index contributed by atoms with van der Waals surface area (Å²) in [4.78, 5) is 15.3. The zero-order valence-corrected chi connectivity index (χ0v) is 14.4. The van der Waals surface area contributed by atoms with Gasteiger partial charge in [0, 0.05) is 25.3 Å². The number of carbonyl (C=O) groups is 1. The molecular formula is C20H28N2O. The molecule has 1 saturated carbocycles. The minimum atomic E-state index is 0.169. The first kappa shape index (κ1) is 16.1. The normalized spacial score (nSPS) is 19.8. The molecule has 1 fully saturated rings. The first-order valence-corrected chi connectivity index (χ1v) is 8.92. The number of allylic oxidation sites excluding steroid dienone is 1. The van der Waals surface area contributed by atoms with E-state index in [2.05, 4.69) is 35.4 Å². The molecule has 1 aliphatic heterocycles. The van der Waals surface area contributed by atoms with Crippen molar-refractivity contribution >= 4 is 11.6 Å². The van der Waals surface area contributed by atoms with Gasteiger partial charge in [-0.15, -0.1) is 0 Å². The maximum Gasteiger partial charge on any atom is 0.256 e. The van der Waals surface area contributed by atoms with Crippen molar-refractivity contribution in [2.45, 2.75) is 46.0 Å². The summed E-state index contributed by atoms with van der Waals surface area (Å²) in [6.07, 6.45) is 10.7. The number of anilines is 1. The van der Waals surface area contributed by atoms with E-state index in [1.807, 2.05) is 19.1 Å². The summed E-state index contributed by atoms with van der Waals surface area (Å²) >= 11 is 0. The Balaban J connectivity index is 1.87. The van der Waals surface area contributed by atoms with Crippen LogP contribution in [0.2, 0.25) is 0 Å². The van der Waals surface area contributed by atoms with Crippen molar-refractivity contribution in [2.24, 2.45) is 5.41 Å². The lowest BCUT2D eigenvalue weighted by Crippen LogP contribution is -2.39. The molecule has 3 heteroatoms. The van der Waals surface area contributed by atoms with Crippen molar-refractivity contribution in [3.8, 4) is 0 Å². The van der Waals surface area contributed by atoms with Gasteiger partial charge in [-0.1, -0.05) is 36.6 Å². The first-order chi connectivity index (χ1) is 11.1. The Morgan fingerprint density at radius 2 is 2.04 bits per heavy atom. The fraction of sp³-hybridized carbons (Fsp3) is 0.550. The molecule has 0 saturated heterocycles. The highest BCUT2D eigenvalue weighted by Crippen LogP contribution is 2.43. The number of rotatable bonds is 3. The van der Waals surface area contributed by atoms with E-state index in [0.717, 1.165) is 42.9 Å². The number of carbonyl (C=O) groups excluding carboxylic acids is 1. The largest absolute Gasteiger partial charge is 0.385 e. The van der Waals surface area contributed by atoms with Crippen LogP contribution in [0.5, 0.6) is 0 Å². The maximum atomic E-state index is 13.2. The third-order valence-corrected chi connectivity index (χ3v) is 5.29. The number of hydrogen-bond donors (Lipinski definition) is 1.